The number of carboxylic acid groups (broad SMARTS) is 1. The van der Waals surface area contributed by atoms with E-state index >= 15 is 0 Å². The molecule has 5 nitrogen and oxygen atoms in total. The van der Waals surface area contributed by atoms with Gasteiger partial charge in [-0.2, -0.15) is 0 Å². The molecule has 0 saturated heterocycles. The van der Waals surface area contributed by atoms with Crippen LogP contribution >= 0.6 is 0 Å². The molecule has 8 heavy (non-hydrogen) atoms. The molecule has 0 saturated carbocycles. The van der Waals surface area contributed by atoms with E-state index in [1.165, 1.54) is 0 Å². The van der Waals surface area contributed by atoms with Gasteiger partial charge in [0, 0.05) is 0 Å². The van der Waals surface area contributed by atoms with Crippen molar-refractivity contribution in [2.45, 2.75) is 0 Å². The predicted molar refractivity (Wildman–Crippen MR) is 26.8 cm³/mol. The van der Waals surface area contributed by atoms with Gasteiger partial charge in [-0.05, 0) is 0 Å². The first-order chi connectivity index (χ1) is 3.63. The number of nitrogens with one attached hydrogen (secondary N) is 1. The molecule has 3 N–H and O–H groups in total. The molecule has 0 heterocycles. The molecule has 0 rings (SSSR count). The van der Waals surface area contributed by atoms with Crippen molar-refractivity contribution >= 4 is 17.2 Å². The van der Waals surface area contributed by atoms with Crippen molar-refractivity contribution in [3.05, 3.63) is 0 Å². The van der Waals surface area contributed by atoms with Gasteiger partial charge < -0.3 is 15.0 Å². The Morgan fingerprint density at radius 1 is 1.75 bits per heavy atom. The van der Waals surface area contributed by atoms with Crippen LogP contribution in [-0.4, -0.2) is 25.8 Å². The summed E-state index contributed by atoms with van der Waals surface area (Å²) in [6.07, 6.45) is -1.30. The molecular formula is C2H5NO4S. The molecule has 0 spiro atoms. The molecule has 0 aliphatic rings. The van der Waals surface area contributed by atoms with Crippen LogP contribution in [0.3, 0.4) is 0 Å². The van der Waals surface area contributed by atoms with Gasteiger partial charge in [0.05, 0.1) is 0 Å². The normalized spacial score (nSPS) is 12.6. The summed E-state index contributed by atoms with van der Waals surface area (Å²) in [7, 11) is 0. The molecule has 0 aromatic carbocycles. The number of hydrogen-bond acceptors (Lipinski definition) is 2. The van der Waals surface area contributed by atoms with Gasteiger partial charge in [0.15, 0.2) is 11.1 Å². The first-order valence-electron chi connectivity index (χ1n) is 1.67. The Bertz CT molecular complexity index is 98.6. The number of amides is 1. The summed E-state index contributed by atoms with van der Waals surface area (Å²) in [5.41, 5.74) is 0. The summed E-state index contributed by atoms with van der Waals surface area (Å²) >= 11 is -2.08. The minimum atomic E-state index is -2.08. The predicted octanol–water partition coefficient (Wildman–Crippen LogP) is -0.567. The first-order valence-corrected chi connectivity index (χ1v) is 2.95. The van der Waals surface area contributed by atoms with E-state index < -0.39 is 23.1 Å². The van der Waals surface area contributed by atoms with Crippen molar-refractivity contribution in [2.24, 2.45) is 0 Å². The van der Waals surface area contributed by atoms with Gasteiger partial charge in [-0.3, -0.25) is 0 Å². The number of rotatable bonds is 2. The van der Waals surface area contributed by atoms with Gasteiger partial charge in [-0.1, -0.05) is 0 Å². The fraction of sp³-hybridized carbons (Fsp3) is 0.500. The molecule has 0 aliphatic carbocycles. The molecule has 1 unspecified atom stereocenters. The highest BCUT2D eigenvalue weighted by Crippen LogP contribution is 1.66. The van der Waals surface area contributed by atoms with E-state index in [1.54, 1.807) is 5.32 Å². The van der Waals surface area contributed by atoms with Gasteiger partial charge in [0.1, 0.15) is 5.88 Å². The van der Waals surface area contributed by atoms with Gasteiger partial charge in [-0.15, -0.1) is 0 Å². The van der Waals surface area contributed by atoms with Crippen LogP contribution in [0.4, 0.5) is 4.79 Å². The summed E-state index contributed by atoms with van der Waals surface area (Å²) in [5, 5.41) is 9.52. The molecule has 0 radical (unpaired) electrons. The summed E-state index contributed by atoms with van der Waals surface area (Å²) in [6, 6.07) is 0. The maximum absolute atomic E-state index is 9.69. The lowest BCUT2D eigenvalue weighted by Gasteiger charge is -1.91. The van der Waals surface area contributed by atoms with Gasteiger partial charge in [-0.25, -0.2) is 9.00 Å². The fourth-order valence-corrected chi connectivity index (χ4v) is 0.370. The third-order valence-corrected chi connectivity index (χ3v) is 0.738. The largest absolute Gasteiger partial charge is 0.465 e. The maximum atomic E-state index is 9.69. The van der Waals surface area contributed by atoms with E-state index in [0.29, 0.717) is 0 Å². The lowest BCUT2D eigenvalue weighted by molar-refractivity contribution is 0.196. The van der Waals surface area contributed by atoms with Crippen LogP contribution in [0.5, 0.6) is 0 Å². The molecule has 0 aromatic heterocycles. The molecule has 1 amide bonds. The summed E-state index contributed by atoms with van der Waals surface area (Å²) in [5.74, 6) is -0.435. The summed E-state index contributed by atoms with van der Waals surface area (Å²) in [4.78, 5) is 9.55. The van der Waals surface area contributed by atoms with Gasteiger partial charge in [0.2, 0.25) is 0 Å². The Hall–Kier alpha value is -0.620. The third-order valence-electron chi connectivity index (χ3n) is 0.347. The lowest BCUT2D eigenvalue weighted by Crippen LogP contribution is -2.24. The Morgan fingerprint density at radius 2 is 2.25 bits per heavy atom. The van der Waals surface area contributed by atoms with Crippen molar-refractivity contribution in [3.63, 3.8) is 0 Å². The zero-order chi connectivity index (χ0) is 6.57. The van der Waals surface area contributed by atoms with E-state index in [2.05, 4.69) is 0 Å². The maximum Gasteiger partial charge on any atom is 0.405 e. The molecule has 0 bridgehead atoms. The van der Waals surface area contributed by atoms with E-state index in [-0.39, 0.29) is 0 Å². The molecular weight excluding hydrogens is 134 g/mol. The fourth-order valence-electron chi connectivity index (χ4n) is 0.123. The average molecular weight is 139 g/mol. The molecule has 0 fully saturated rings. The Kier molecular flexibility index (Phi) is 3.13. The highest BCUT2D eigenvalue weighted by atomic mass is 32.2. The van der Waals surface area contributed by atoms with Crippen LogP contribution in [-0.2, 0) is 11.1 Å². The highest BCUT2D eigenvalue weighted by molar-refractivity contribution is 7.79. The highest BCUT2D eigenvalue weighted by Gasteiger charge is 1.94. The van der Waals surface area contributed by atoms with Crippen molar-refractivity contribution in [1.82, 2.24) is 5.32 Å². The van der Waals surface area contributed by atoms with E-state index in [9.17, 15) is 9.00 Å². The minimum Gasteiger partial charge on any atom is -0.465 e. The number of carbonyl (C=O) groups is 1. The minimum absolute atomic E-state index is 0.435. The molecule has 1 atom stereocenters. The Morgan fingerprint density at radius 3 is 2.38 bits per heavy atom. The summed E-state index contributed by atoms with van der Waals surface area (Å²) < 4.78 is 17.6. The van der Waals surface area contributed by atoms with Crippen molar-refractivity contribution in [2.75, 3.05) is 5.88 Å². The van der Waals surface area contributed by atoms with Crippen LogP contribution in [0.2, 0.25) is 0 Å². The smallest absolute Gasteiger partial charge is 0.405 e. The van der Waals surface area contributed by atoms with Gasteiger partial charge >= 0.3 is 6.09 Å². The average Bonchev–Trinajstić information content (AvgIpc) is 1.61. The second-order valence-electron chi connectivity index (χ2n) is 0.948. The zero-order valence-corrected chi connectivity index (χ0v) is 4.64. The van der Waals surface area contributed by atoms with Crippen LogP contribution in [0, 0.1) is 0 Å². The number of hydrogen-bond donors (Lipinski definition) is 3. The Labute approximate surface area is 48.0 Å². The van der Waals surface area contributed by atoms with Crippen molar-refractivity contribution < 1.29 is 18.7 Å². The van der Waals surface area contributed by atoms with Gasteiger partial charge in [0.25, 0.3) is 0 Å². The van der Waals surface area contributed by atoms with E-state index in [4.69, 9.17) is 9.66 Å². The Balaban J connectivity index is 3.18. The standard InChI is InChI=1S/C2H5NO4S/c4-2(5)3-1-8(6)7/h3H,1H2,(H,4,5)(H,6,7). The monoisotopic (exact) mass is 139 g/mol. The van der Waals surface area contributed by atoms with Crippen LogP contribution < -0.4 is 5.32 Å². The summed E-state index contributed by atoms with van der Waals surface area (Å²) in [6.45, 7) is 0. The second-order valence-corrected chi connectivity index (χ2v) is 1.88. The van der Waals surface area contributed by atoms with Crippen LogP contribution in [0.15, 0.2) is 0 Å². The molecule has 0 aromatic rings. The second kappa shape index (κ2) is 3.39. The lowest BCUT2D eigenvalue weighted by atomic mass is 11.1. The van der Waals surface area contributed by atoms with Crippen LogP contribution in [0.25, 0.3) is 0 Å². The molecule has 48 valence electrons. The van der Waals surface area contributed by atoms with Crippen molar-refractivity contribution in [3.8, 4) is 0 Å². The van der Waals surface area contributed by atoms with Crippen LogP contribution in [0.1, 0.15) is 0 Å². The molecule has 0 aliphatic heterocycles. The first kappa shape index (κ1) is 7.38. The van der Waals surface area contributed by atoms with E-state index in [0.717, 1.165) is 0 Å². The zero-order valence-electron chi connectivity index (χ0n) is 3.83. The SMILES string of the molecule is O=C(O)NCS(=O)O. The molecule has 6 heteroatoms. The third kappa shape index (κ3) is 5.38. The van der Waals surface area contributed by atoms with E-state index in [1.807, 2.05) is 0 Å². The van der Waals surface area contributed by atoms with Crippen molar-refractivity contribution in [1.29, 1.82) is 0 Å². The topological polar surface area (TPSA) is 86.6 Å². The quantitative estimate of drug-likeness (QED) is 0.447.